The molecule has 0 aliphatic carbocycles. The summed E-state index contributed by atoms with van der Waals surface area (Å²) in [6, 6.07) is 7.30. The van der Waals surface area contributed by atoms with Gasteiger partial charge in [0.25, 0.3) is 0 Å². The molecule has 1 amide bonds. The number of benzene rings is 1. The van der Waals surface area contributed by atoms with E-state index in [1.807, 2.05) is 12.1 Å². The molecule has 0 bridgehead atoms. The molecule has 15 heavy (non-hydrogen) atoms. The van der Waals surface area contributed by atoms with Gasteiger partial charge in [-0.15, -0.1) is 0 Å². The number of nitrogens with two attached hydrogens (primary N) is 1. The third-order valence-electron chi connectivity index (χ3n) is 2.74. The Balaban J connectivity index is 2.19. The average Bonchev–Trinajstić information content (AvgIpc) is 2.61. The Morgan fingerprint density at radius 1 is 1.40 bits per heavy atom. The molecular weight excluding hydrogens is 212 g/mol. The third-order valence-corrected chi connectivity index (χ3v) is 2.99. The molecule has 4 heteroatoms. The molecular formula is C11H13ClN2O. The highest BCUT2D eigenvalue weighted by Crippen LogP contribution is 2.25. The molecule has 3 nitrogen and oxygen atoms in total. The van der Waals surface area contributed by atoms with E-state index < -0.39 is 0 Å². The van der Waals surface area contributed by atoms with Crippen LogP contribution in [0, 0.1) is 5.92 Å². The van der Waals surface area contributed by atoms with Crippen molar-refractivity contribution in [3.8, 4) is 0 Å². The van der Waals surface area contributed by atoms with E-state index in [4.69, 9.17) is 17.3 Å². The van der Waals surface area contributed by atoms with Crippen LogP contribution in [0.5, 0.6) is 0 Å². The SMILES string of the molecule is NCC1CCN(c2ccc(Cl)cc2)C1=O. The quantitative estimate of drug-likeness (QED) is 0.831. The molecule has 0 aromatic heterocycles. The second-order valence-corrected chi connectivity index (χ2v) is 4.12. The molecule has 0 saturated carbocycles. The normalized spacial score (nSPS) is 21.1. The fourth-order valence-corrected chi connectivity index (χ4v) is 1.96. The van der Waals surface area contributed by atoms with Crippen molar-refractivity contribution in [3.05, 3.63) is 29.3 Å². The second kappa shape index (κ2) is 4.21. The maximum atomic E-state index is 11.8. The number of halogens is 1. The molecule has 1 aromatic rings. The van der Waals surface area contributed by atoms with Crippen molar-refractivity contribution >= 4 is 23.2 Å². The summed E-state index contributed by atoms with van der Waals surface area (Å²) < 4.78 is 0. The van der Waals surface area contributed by atoms with Crippen LogP contribution in [-0.4, -0.2) is 19.0 Å². The van der Waals surface area contributed by atoms with E-state index in [1.165, 1.54) is 0 Å². The fraction of sp³-hybridized carbons (Fsp3) is 0.364. The molecule has 2 N–H and O–H groups in total. The number of rotatable bonds is 2. The largest absolute Gasteiger partial charge is 0.330 e. The minimum absolute atomic E-state index is 0.0133. The van der Waals surface area contributed by atoms with Gasteiger partial charge in [-0.3, -0.25) is 4.79 Å². The Morgan fingerprint density at radius 2 is 2.07 bits per heavy atom. The molecule has 0 spiro atoms. The number of amides is 1. The lowest BCUT2D eigenvalue weighted by Gasteiger charge is -2.16. The van der Waals surface area contributed by atoms with Crippen LogP contribution in [0.3, 0.4) is 0 Å². The first-order valence-electron chi connectivity index (χ1n) is 4.99. The highest BCUT2D eigenvalue weighted by molar-refractivity contribution is 6.30. The molecule has 1 fully saturated rings. The van der Waals surface area contributed by atoms with E-state index in [1.54, 1.807) is 17.0 Å². The molecule has 80 valence electrons. The van der Waals surface area contributed by atoms with Gasteiger partial charge in [0.1, 0.15) is 0 Å². The first-order chi connectivity index (χ1) is 7.22. The zero-order valence-corrected chi connectivity index (χ0v) is 9.07. The van der Waals surface area contributed by atoms with E-state index in [-0.39, 0.29) is 11.8 Å². The molecule has 1 aliphatic heterocycles. The van der Waals surface area contributed by atoms with Crippen LogP contribution in [-0.2, 0) is 4.79 Å². The van der Waals surface area contributed by atoms with Gasteiger partial charge in [-0.05, 0) is 30.7 Å². The minimum atomic E-state index is -0.0133. The number of carbonyl (C=O) groups excluding carboxylic acids is 1. The van der Waals surface area contributed by atoms with Crippen molar-refractivity contribution < 1.29 is 4.79 Å². The monoisotopic (exact) mass is 224 g/mol. The predicted octanol–water partition coefficient (Wildman–Crippen LogP) is 1.65. The van der Waals surface area contributed by atoms with Gasteiger partial charge in [0.2, 0.25) is 5.91 Å². The van der Waals surface area contributed by atoms with Crippen molar-refractivity contribution in [3.63, 3.8) is 0 Å². The van der Waals surface area contributed by atoms with Crippen LogP contribution < -0.4 is 10.6 Å². The summed E-state index contributed by atoms with van der Waals surface area (Å²) in [5, 5.41) is 0.681. The average molecular weight is 225 g/mol. The number of nitrogens with zero attached hydrogens (tertiary/aromatic N) is 1. The molecule has 1 heterocycles. The number of carbonyl (C=O) groups is 1. The maximum absolute atomic E-state index is 11.8. The standard InChI is InChI=1S/C11H13ClN2O/c12-9-1-3-10(4-2-9)14-6-5-8(7-13)11(14)15/h1-4,8H,5-7,13H2. The number of anilines is 1. The van der Waals surface area contributed by atoms with Crippen LogP contribution in [0.15, 0.2) is 24.3 Å². The van der Waals surface area contributed by atoms with Crippen LogP contribution in [0.4, 0.5) is 5.69 Å². The Bertz CT molecular complexity index is 363. The summed E-state index contributed by atoms with van der Waals surface area (Å²) in [5.41, 5.74) is 6.42. The lowest BCUT2D eigenvalue weighted by molar-refractivity contribution is -0.120. The van der Waals surface area contributed by atoms with Gasteiger partial charge < -0.3 is 10.6 Å². The highest BCUT2D eigenvalue weighted by Gasteiger charge is 2.31. The lowest BCUT2D eigenvalue weighted by atomic mass is 10.1. The predicted molar refractivity (Wildman–Crippen MR) is 61.0 cm³/mol. The van der Waals surface area contributed by atoms with Gasteiger partial charge in [0, 0.05) is 23.8 Å². The number of hydrogen-bond donors (Lipinski definition) is 1. The lowest BCUT2D eigenvalue weighted by Crippen LogP contribution is -2.29. The van der Waals surface area contributed by atoms with Gasteiger partial charge in [-0.2, -0.15) is 0 Å². The van der Waals surface area contributed by atoms with Crippen molar-refractivity contribution in [1.82, 2.24) is 0 Å². The van der Waals surface area contributed by atoms with E-state index in [2.05, 4.69) is 0 Å². The Kier molecular flexibility index (Phi) is 2.93. The molecule has 0 radical (unpaired) electrons. The molecule has 1 saturated heterocycles. The van der Waals surface area contributed by atoms with E-state index >= 15 is 0 Å². The molecule has 1 aromatic carbocycles. The van der Waals surface area contributed by atoms with E-state index in [0.29, 0.717) is 11.6 Å². The van der Waals surface area contributed by atoms with Crippen LogP contribution >= 0.6 is 11.6 Å². The molecule has 1 unspecified atom stereocenters. The first-order valence-corrected chi connectivity index (χ1v) is 5.37. The topological polar surface area (TPSA) is 46.3 Å². The van der Waals surface area contributed by atoms with Crippen LogP contribution in [0.2, 0.25) is 5.02 Å². The zero-order valence-electron chi connectivity index (χ0n) is 8.32. The Labute approximate surface area is 93.8 Å². The molecule has 2 rings (SSSR count). The summed E-state index contributed by atoms with van der Waals surface area (Å²) >= 11 is 5.79. The minimum Gasteiger partial charge on any atom is -0.330 e. The number of hydrogen-bond acceptors (Lipinski definition) is 2. The van der Waals surface area contributed by atoms with Crippen molar-refractivity contribution in [2.45, 2.75) is 6.42 Å². The van der Waals surface area contributed by atoms with Crippen molar-refractivity contribution in [2.24, 2.45) is 11.7 Å². The van der Waals surface area contributed by atoms with Crippen molar-refractivity contribution in [2.75, 3.05) is 18.0 Å². The smallest absolute Gasteiger partial charge is 0.231 e. The summed E-state index contributed by atoms with van der Waals surface area (Å²) in [4.78, 5) is 13.6. The van der Waals surface area contributed by atoms with Crippen LogP contribution in [0.25, 0.3) is 0 Å². The maximum Gasteiger partial charge on any atom is 0.231 e. The van der Waals surface area contributed by atoms with Gasteiger partial charge in [-0.1, -0.05) is 11.6 Å². The van der Waals surface area contributed by atoms with Gasteiger partial charge >= 0.3 is 0 Å². The van der Waals surface area contributed by atoms with Gasteiger partial charge in [0.15, 0.2) is 0 Å². The summed E-state index contributed by atoms with van der Waals surface area (Å²) in [6.07, 6.45) is 0.845. The second-order valence-electron chi connectivity index (χ2n) is 3.69. The van der Waals surface area contributed by atoms with Crippen LogP contribution in [0.1, 0.15) is 6.42 Å². The van der Waals surface area contributed by atoms with E-state index in [9.17, 15) is 4.79 Å². The Hall–Kier alpha value is -1.06. The van der Waals surface area contributed by atoms with Crippen molar-refractivity contribution in [1.29, 1.82) is 0 Å². The zero-order chi connectivity index (χ0) is 10.8. The molecule has 1 aliphatic rings. The summed E-state index contributed by atoms with van der Waals surface area (Å²) in [6.45, 7) is 1.19. The fourth-order valence-electron chi connectivity index (χ4n) is 1.84. The van der Waals surface area contributed by atoms with Gasteiger partial charge in [-0.25, -0.2) is 0 Å². The Morgan fingerprint density at radius 3 is 2.60 bits per heavy atom. The molecule has 1 atom stereocenters. The van der Waals surface area contributed by atoms with Gasteiger partial charge in [0.05, 0.1) is 5.92 Å². The highest BCUT2D eigenvalue weighted by atomic mass is 35.5. The summed E-state index contributed by atoms with van der Waals surface area (Å²) in [7, 11) is 0. The summed E-state index contributed by atoms with van der Waals surface area (Å²) in [5.74, 6) is 0.112. The third kappa shape index (κ3) is 1.98. The first kappa shape index (κ1) is 10.5. The van der Waals surface area contributed by atoms with E-state index in [0.717, 1.165) is 18.7 Å².